The van der Waals surface area contributed by atoms with Gasteiger partial charge in [0.1, 0.15) is 17.1 Å². The molecule has 0 aliphatic rings. The highest BCUT2D eigenvalue weighted by Crippen LogP contribution is 2.40. The number of hydrogen-bond donors (Lipinski definition) is 2. The molecule has 0 amide bonds. The molecule has 3 aromatic rings. The van der Waals surface area contributed by atoms with E-state index in [9.17, 15) is 16.8 Å². The Balaban J connectivity index is 2.03. The lowest BCUT2D eigenvalue weighted by atomic mass is 10.3. The third-order valence-corrected chi connectivity index (χ3v) is 12.6. The Kier molecular flexibility index (Phi) is 7.66. The molecule has 0 unspecified atom stereocenters. The van der Waals surface area contributed by atoms with Gasteiger partial charge in [-0.1, -0.05) is 46.4 Å². The predicted octanol–water partition coefficient (Wildman–Crippen LogP) is 7.55. The Morgan fingerprint density at radius 2 is 1.00 bits per heavy atom. The molecule has 0 saturated heterocycles. The number of halogens is 6. The van der Waals surface area contributed by atoms with E-state index < -0.39 is 20.0 Å². The monoisotopic (exact) mass is 692 g/mol. The van der Waals surface area contributed by atoms with Crippen molar-refractivity contribution in [1.29, 1.82) is 0 Å². The Bertz CT molecular complexity index is 1210. The third kappa shape index (κ3) is 5.41. The second-order valence-corrected chi connectivity index (χ2v) is 15.0. The molecule has 0 aliphatic carbocycles. The van der Waals surface area contributed by atoms with E-state index in [-0.39, 0.29) is 38.5 Å². The molecule has 16 heteroatoms. The molecule has 0 saturated carbocycles. The van der Waals surface area contributed by atoms with E-state index >= 15 is 0 Å². The van der Waals surface area contributed by atoms with Gasteiger partial charge in [0.05, 0.1) is 21.4 Å². The first kappa shape index (κ1) is 24.9. The quantitative estimate of drug-likeness (QED) is 0.279. The van der Waals surface area contributed by atoms with Gasteiger partial charge >= 0.3 is 0 Å². The first-order valence-electron chi connectivity index (χ1n) is 7.24. The van der Waals surface area contributed by atoms with E-state index in [4.69, 9.17) is 46.4 Å². The van der Waals surface area contributed by atoms with Crippen molar-refractivity contribution in [3.8, 4) is 0 Å². The molecule has 162 valence electrons. The molecule has 30 heavy (non-hydrogen) atoms. The average molecular weight is 696 g/mol. The van der Waals surface area contributed by atoms with Gasteiger partial charge in [0.15, 0.2) is 0 Å². The summed E-state index contributed by atoms with van der Waals surface area (Å²) in [5.74, 6) is 0. The second-order valence-electron chi connectivity index (χ2n) is 5.40. The van der Waals surface area contributed by atoms with E-state index in [0.29, 0.717) is 8.95 Å². The van der Waals surface area contributed by atoms with E-state index in [1.54, 1.807) is 0 Å². The minimum atomic E-state index is -4.10. The predicted molar refractivity (Wildman–Crippen MR) is 132 cm³/mol. The number of sulfonamides is 2. The maximum Gasteiger partial charge on any atom is 0.271 e. The zero-order chi connectivity index (χ0) is 22.4. The van der Waals surface area contributed by atoms with Gasteiger partial charge in [0, 0.05) is 8.95 Å². The second kappa shape index (κ2) is 9.24. The molecular weight excluding hydrogens is 690 g/mol. The number of thiophene rings is 2. The summed E-state index contributed by atoms with van der Waals surface area (Å²) in [6.07, 6.45) is 0. The van der Waals surface area contributed by atoms with Crippen molar-refractivity contribution in [2.45, 2.75) is 8.42 Å². The van der Waals surface area contributed by atoms with Crippen LogP contribution in [0.2, 0.25) is 18.7 Å². The van der Waals surface area contributed by atoms with Gasteiger partial charge in [-0.05, 0) is 56.1 Å². The third-order valence-electron chi connectivity index (χ3n) is 3.32. The molecule has 3 rings (SSSR count). The smallest absolute Gasteiger partial charge is 0.271 e. The van der Waals surface area contributed by atoms with Crippen LogP contribution in [0.25, 0.3) is 0 Å². The Morgan fingerprint density at radius 1 is 0.667 bits per heavy atom. The summed E-state index contributed by atoms with van der Waals surface area (Å²) in [5.41, 5.74) is -0.0777. The normalized spacial score (nSPS) is 12.2. The highest BCUT2D eigenvalue weighted by Gasteiger charge is 2.25. The molecular formula is C14H6Br2Cl4N2O4S4. The Labute approximate surface area is 216 Å². The number of hydrogen-bond acceptors (Lipinski definition) is 6. The fourth-order valence-corrected chi connectivity index (χ4v) is 8.61. The SMILES string of the molecule is O=S(=O)(Nc1cc(Br)c(Br)cc1NS(=O)(=O)c1cc(Cl)c(Cl)s1)c1cc(Cl)c(Cl)s1. The molecule has 1 aromatic carbocycles. The minimum Gasteiger partial charge on any atom is -0.277 e. The maximum atomic E-state index is 12.7. The summed E-state index contributed by atoms with van der Waals surface area (Å²) in [5, 5.41) is 0.179. The van der Waals surface area contributed by atoms with E-state index in [0.717, 1.165) is 22.7 Å². The standard InChI is InChI=1S/C14H6Br2Cl4N2O4S4/c15-5-1-9(21-29(23,24)11-3-7(17)13(19)27-11)10(2-6(5)16)22-30(25,26)12-4-8(18)14(20)28-12/h1-4,21-22H. The van der Waals surface area contributed by atoms with Crippen LogP contribution in [-0.4, -0.2) is 16.8 Å². The Hall–Kier alpha value is 0.240. The van der Waals surface area contributed by atoms with Gasteiger partial charge in [-0.3, -0.25) is 9.44 Å². The first-order chi connectivity index (χ1) is 13.8. The van der Waals surface area contributed by atoms with Gasteiger partial charge in [-0.15, -0.1) is 22.7 Å². The number of anilines is 2. The molecule has 2 N–H and O–H groups in total. The van der Waals surface area contributed by atoms with Crippen LogP contribution in [0.1, 0.15) is 0 Å². The zero-order valence-corrected chi connectivity index (χ0v) is 23.3. The summed E-state index contributed by atoms with van der Waals surface area (Å²) in [4.78, 5) is 0. The van der Waals surface area contributed by atoms with Crippen molar-refractivity contribution in [1.82, 2.24) is 0 Å². The summed E-state index contributed by atoms with van der Waals surface area (Å²) in [6, 6.07) is 5.18. The van der Waals surface area contributed by atoms with Crippen LogP contribution in [0.15, 0.2) is 41.6 Å². The molecule has 0 atom stereocenters. The summed E-state index contributed by atoms with van der Waals surface area (Å²) in [7, 11) is -8.20. The van der Waals surface area contributed by atoms with E-state index in [1.165, 1.54) is 24.3 Å². The van der Waals surface area contributed by atoms with Crippen molar-refractivity contribution in [2.24, 2.45) is 0 Å². The van der Waals surface area contributed by atoms with Crippen molar-refractivity contribution in [3.05, 3.63) is 51.9 Å². The lowest BCUT2D eigenvalue weighted by Gasteiger charge is -2.15. The van der Waals surface area contributed by atoms with E-state index in [2.05, 4.69) is 41.3 Å². The van der Waals surface area contributed by atoms with Crippen LogP contribution in [-0.2, 0) is 20.0 Å². The van der Waals surface area contributed by atoms with Gasteiger partial charge < -0.3 is 0 Å². The fraction of sp³-hybridized carbons (Fsp3) is 0. The van der Waals surface area contributed by atoms with Crippen LogP contribution >= 0.6 is 101 Å². The summed E-state index contributed by atoms with van der Waals surface area (Å²) < 4.78 is 56.6. The van der Waals surface area contributed by atoms with Crippen molar-refractivity contribution < 1.29 is 16.8 Å². The minimum absolute atomic E-state index is 0.0388. The van der Waals surface area contributed by atoms with Crippen LogP contribution in [0.3, 0.4) is 0 Å². The largest absolute Gasteiger partial charge is 0.277 e. The lowest BCUT2D eigenvalue weighted by molar-refractivity contribution is 0.601. The van der Waals surface area contributed by atoms with Crippen LogP contribution < -0.4 is 9.44 Å². The molecule has 2 heterocycles. The number of benzene rings is 1. The average Bonchev–Trinajstić information content (AvgIpc) is 3.15. The van der Waals surface area contributed by atoms with Crippen molar-refractivity contribution >= 4 is 132 Å². The molecule has 0 bridgehead atoms. The van der Waals surface area contributed by atoms with Crippen molar-refractivity contribution in [3.63, 3.8) is 0 Å². The molecule has 0 fully saturated rings. The molecule has 0 radical (unpaired) electrons. The fourth-order valence-electron chi connectivity index (χ4n) is 2.02. The zero-order valence-electron chi connectivity index (χ0n) is 13.8. The van der Waals surface area contributed by atoms with E-state index in [1.807, 2.05) is 0 Å². The maximum absolute atomic E-state index is 12.7. The summed E-state index contributed by atoms with van der Waals surface area (Å²) >= 11 is 31.5. The van der Waals surface area contributed by atoms with Gasteiger partial charge in [0.25, 0.3) is 20.0 Å². The Morgan fingerprint density at radius 3 is 1.27 bits per heavy atom. The topological polar surface area (TPSA) is 92.3 Å². The summed E-state index contributed by atoms with van der Waals surface area (Å²) in [6.45, 7) is 0. The van der Waals surface area contributed by atoms with Crippen molar-refractivity contribution in [2.75, 3.05) is 9.44 Å². The molecule has 2 aromatic heterocycles. The van der Waals surface area contributed by atoms with Crippen LogP contribution in [0.5, 0.6) is 0 Å². The molecule has 0 aliphatic heterocycles. The highest BCUT2D eigenvalue weighted by molar-refractivity contribution is 9.13. The van der Waals surface area contributed by atoms with Gasteiger partial charge in [0.2, 0.25) is 0 Å². The highest BCUT2D eigenvalue weighted by atomic mass is 79.9. The van der Waals surface area contributed by atoms with Crippen LogP contribution in [0.4, 0.5) is 11.4 Å². The van der Waals surface area contributed by atoms with Gasteiger partial charge in [-0.2, -0.15) is 0 Å². The number of nitrogens with one attached hydrogen (secondary N) is 2. The molecule has 0 spiro atoms. The first-order valence-corrected chi connectivity index (χ1v) is 14.9. The lowest BCUT2D eigenvalue weighted by Crippen LogP contribution is -2.16. The van der Waals surface area contributed by atoms with Gasteiger partial charge in [-0.25, -0.2) is 16.8 Å². The van der Waals surface area contributed by atoms with Crippen LogP contribution in [0, 0.1) is 0 Å². The number of rotatable bonds is 6. The molecule has 6 nitrogen and oxygen atoms in total.